The molecule has 0 aliphatic carbocycles. The van der Waals surface area contributed by atoms with Gasteiger partial charge in [-0.1, -0.05) is 0 Å². The van der Waals surface area contributed by atoms with Gasteiger partial charge in [0.1, 0.15) is 0 Å². The molecule has 0 atom stereocenters. The number of hydrogen-bond donors (Lipinski definition) is 2. The fourth-order valence-electron chi connectivity index (χ4n) is 1.60. The van der Waals surface area contributed by atoms with Crippen LogP contribution in [0.25, 0.3) is 11.1 Å². The van der Waals surface area contributed by atoms with Crippen LogP contribution in [0.5, 0.6) is 0 Å². The highest BCUT2D eigenvalue weighted by atomic mass is 15.2. The van der Waals surface area contributed by atoms with Gasteiger partial charge in [-0.15, -0.1) is 0 Å². The van der Waals surface area contributed by atoms with Gasteiger partial charge in [0.05, 0.1) is 0 Å². The average molecular weight is 231 g/mol. The number of hydrogen-bond acceptors (Lipinski definition) is 4. The number of H-pyrrole nitrogens is 1. The summed E-state index contributed by atoms with van der Waals surface area (Å²) >= 11 is 0. The molecule has 0 aliphatic heterocycles. The highest BCUT2D eigenvalue weighted by molar-refractivity contribution is 5.60. The summed E-state index contributed by atoms with van der Waals surface area (Å²) in [6.45, 7) is 1.56. The molecule has 0 amide bonds. The molecule has 2 rings (SSSR count). The van der Waals surface area contributed by atoms with Crippen LogP contribution in [0.2, 0.25) is 0 Å². The van der Waals surface area contributed by atoms with Crippen molar-refractivity contribution in [2.75, 3.05) is 25.0 Å². The van der Waals surface area contributed by atoms with E-state index in [1.165, 1.54) is 0 Å². The number of anilines is 1. The quantitative estimate of drug-likeness (QED) is 0.812. The van der Waals surface area contributed by atoms with Crippen molar-refractivity contribution in [2.45, 2.75) is 6.42 Å². The smallest absolute Gasteiger partial charge is 0.225 e. The molecule has 0 radical (unpaired) electrons. The number of nitrogens with one attached hydrogen (secondary N) is 1. The first kappa shape index (κ1) is 11.6. The Labute approximate surface area is 101 Å². The second-order valence-corrected chi connectivity index (χ2v) is 3.94. The highest BCUT2D eigenvalue weighted by Crippen LogP contribution is 2.17. The second kappa shape index (κ2) is 5.45. The first-order valence-corrected chi connectivity index (χ1v) is 5.67. The van der Waals surface area contributed by atoms with Gasteiger partial charge in [0.25, 0.3) is 0 Å². The van der Waals surface area contributed by atoms with E-state index in [2.05, 4.69) is 15.0 Å². The molecule has 0 fully saturated rings. The second-order valence-electron chi connectivity index (χ2n) is 3.94. The largest absolute Gasteiger partial charge is 0.367 e. The zero-order chi connectivity index (χ0) is 12.1. The fraction of sp³-hybridized carbons (Fsp3) is 0.333. The van der Waals surface area contributed by atoms with Gasteiger partial charge < -0.3 is 15.6 Å². The minimum absolute atomic E-state index is 0.686. The Balaban J connectivity index is 2.08. The molecule has 0 saturated heterocycles. The maximum atomic E-state index is 5.47. The van der Waals surface area contributed by atoms with Crippen molar-refractivity contribution < 1.29 is 0 Å². The third-order valence-electron chi connectivity index (χ3n) is 2.61. The maximum absolute atomic E-state index is 5.47. The lowest BCUT2D eigenvalue weighted by Gasteiger charge is -2.16. The standard InChI is InChI=1S/C12H17N5/c1-17(6-2-4-13)12-15-8-11(9-16-12)10-3-5-14-7-10/h3,5,7-9,14H,2,4,6,13H2,1H3. The average Bonchev–Trinajstić information content (AvgIpc) is 2.90. The van der Waals surface area contributed by atoms with Crippen LogP contribution in [0.3, 0.4) is 0 Å². The van der Waals surface area contributed by atoms with Gasteiger partial charge in [0.15, 0.2) is 0 Å². The van der Waals surface area contributed by atoms with E-state index in [4.69, 9.17) is 5.73 Å². The van der Waals surface area contributed by atoms with E-state index < -0.39 is 0 Å². The molecule has 2 aromatic heterocycles. The van der Waals surface area contributed by atoms with Crippen molar-refractivity contribution in [3.63, 3.8) is 0 Å². The van der Waals surface area contributed by atoms with Crippen LogP contribution in [-0.2, 0) is 0 Å². The molecule has 0 spiro atoms. The van der Waals surface area contributed by atoms with Gasteiger partial charge in [0, 0.05) is 49.5 Å². The summed E-state index contributed by atoms with van der Waals surface area (Å²) in [6, 6.07) is 2.00. The summed E-state index contributed by atoms with van der Waals surface area (Å²) < 4.78 is 0. The molecule has 0 saturated carbocycles. The summed E-state index contributed by atoms with van der Waals surface area (Å²) in [5.74, 6) is 0.734. The number of aromatic amines is 1. The molecule has 2 heterocycles. The molecular formula is C12H17N5. The monoisotopic (exact) mass is 231 g/mol. The van der Waals surface area contributed by atoms with E-state index in [0.29, 0.717) is 6.54 Å². The van der Waals surface area contributed by atoms with Crippen LogP contribution in [0.1, 0.15) is 6.42 Å². The SMILES string of the molecule is CN(CCCN)c1ncc(-c2cc[nH]c2)cn1. The Morgan fingerprint density at radius 3 is 2.65 bits per heavy atom. The summed E-state index contributed by atoms with van der Waals surface area (Å²) in [7, 11) is 1.97. The first-order valence-electron chi connectivity index (χ1n) is 5.67. The fourth-order valence-corrected chi connectivity index (χ4v) is 1.60. The van der Waals surface area contributed by atoms with Gasteiger partial charge in [-0.2, -0.15) is 0 Å². The summed E-state index contributed by atoms with van der Waals surface area (Å²) in [6.07, 6.45) is 8.43. The van der Waals surface area contributed by atoms with Crippen molar-refractivity contribution >= 4 is 5.95 Å². The molecule has 2 aromatic rings. The van der Waals surface area contributed by atoms with Crippen LogP contribution in [0, 0.1) is 0 Å². The van der Waals surface area contributed by atoms with Crippen LogP contribution < -0.4 is 10.6 Å². The predicted molar refractivity (Wildman–Crippen MR) is 68.8 cm³/mol. The van der Waals surface area contributed by atoms with E-state index in [0.717, 1.165) is 30.0 Å². The normalized spacial score (nSPS) is 10.5. The minimum atomic E-state index is 0.686. The van der Waals surface area contributed by atoms with Crippen molar-refractivity contribution in [1.82, 2.24) is 15.0 Å². The Morgan fingerprint density at radius 2 is 2.06 bits per heavy atom. The van der Waals surface area contributed by atoms with Crippen molar-refractivity contribution in [2.24, 2.45) is 5.73 Å². The number of nitrogens with two attached hydrogens (primary N) is 1. The summed E-state index contributed by atoms with van der Waals surface area (Å²) in [5.41, 5.74) is 7.59. The third kappa shape index (κ3) is 2.82. The van der Waals surface area contributed by atoms with Crippen LogP contribution in [0.4, 0.5) is 5.95 Å². The first-order chi connectivity index (χ1) is 8.31. The predicted octanol–water partition coefficient (Wildman–Crippen LogP) is 1.26. The molecule has 17 heavy (non-hydrogen) atoms. The van der Waals surface area contributed by atoms with Gasteiger partial charge in [-0.05, 0) is 19.0 Å². The molecule has 0 bridgehead atoms. The number of nitrogens with zero attached hydrogens (tertiary/aromatic N) is 3. The van der Waals surface area contributed by atoms with Crippen molar-refractivity contribution in [3.05, 3.63) is 30.9 Å². The number of aromatic nitrogens is 3. The van der Waals surface area contributed by atoms with Crippen LogP contribution in [-0.4, -0.2) is 35.1 Å². The maximum Gasteiger partial charge on any atom is 0.225 e. The molecule has 0 aromatic carbocycles. The minimum Gasteiger partial charge on any atom is -0.367 e. The lowest BCUT2D eigenvalue weighted by Crippen LogP contribution is -2.22. The van der Waals surface area contributed by atoms with Crippen molar-refractivity contribution in [3.8, 4) is 11.1 Å². The molecule has 90 valence electrons. The molecule has 0 aliphatic rings. The van der Waals surface area contributed by atoms with Crippen molar-refractivity contribution in [1.29, 1.82) is 0 Å². The van der Waals surface area contributed by atoms with Gasteiger partial charge in [-0.3, -0.25) is 0 Å². The Bertz CT molecular complexity index is 434. The molecule has 0 unspecified atom stereocenters. The van der Waals surface area contributed by atoms with Crippen LogP contribution in [0.15, 0.2) is 30.9 Å². The lowest BCUT2D eigenvalue weighted by molar-refractivity contribution is 0.775. The zero-order valence-corrected chi connectivity index (χ0v) is 9.93. The van der Waals surface area contributed by atoms with E-state index in [-0.39, 0.29) is 0 Å². The molecule has 3 N–H and O–H groups in total. The molecule has 5 nitrogen and oxygen atoms in total. The topological polar surface area (TPSA) is 70.8 Å². The molecular weight excluding hydrogens is 214 g/mol. The highest BCUT2D eigenvalue weighted by Gasteiger charge is 2.04. The number of rotatable bonds is 5. The lowest BCUT2D eigenvalue weighted by atomic mass is 10.2. The van der Waals surface area contributed by atoms with E-state index in [1.54, 1.807) is 0 Å². The summed E-state index contributed by atoms with van der Waals surface area (Å²) in [4.78, 5) is 13.7. The van der Waals surface area contributed by atoms with E-state index in [9.17, 15) is 0 Å². The van der Waals surface area contributed by atoms with Gasteiger partial charge in [-0.25, -0.2) is 9.97 Å². The third-order valence-corrected chi connectivity index (χ3v) is 2.61. The van der Waals surface area contributed by atoms with Gasteiger partial charge in [0.2, 0.25) is 5.95 Å². The van der Waals surface area contributed by atoms with Crippen LogP contribution >= 0.6 is 0 Å². The summed E-state index contributed by atoms with van der Waals surface area (Å²) in [5, 5.41) is 0. The Kier molecular flexibility index (Phi) is 3.72. The van der Waals surface area contributed by atoms with Gasteiger partial charge >= 0.3 is 0 Å². The Hall–Kier alpha value is -1.88. The van der Waals surface area contributed by atoms with E-state index in [1.807, 2.05) is 42.8 Å². The zero-order valence-electron chi connectivity index (χ0n) is 9.93. The Morgan fingerprint density at radius 1 is 1.29 bits per heavy atom. The van der Waals surface area contributed by atoms with E-state index >= 15 is 0 Å². The molecule has 5 heteroatoms.